The normalized spacial score (nSPS) is 12.3. The Morgan fingerprint density at radius 3 is 1.71 bits per heavy atom. The van der Waals surface area contributed by atoms with Crippen molar-refractivity contribution in [2.24, 2.45) is 5.41 Å². The van der Waals surface area contributed by atoms with Gasteiger partial charge in [0.2, 0.25) is 0 Å². The summed E-state index contributed by atoms with van der Waals surface area (Å²) in [5, 5.41) is 0. The molecular weight excluding hydrogens is 272 g/mol. The van der Waals surface area contributed by atoms with Crippen molar-refractivity contribution in [2.45, 2.75) is 39.7 Å². The lowest BCUT2D eigenvalue weighted by Crippen LogP contribution is -2.28. The molecule has 0 unspecified atom stereocenters. The maximum Gasteiger partial charge on any atom is 0.104 e. The molecule has 0 atom stereocenters. The van der Waals surface area contributed by atoms with Gasteiger partial charge >= 0.3 is 0 Å². The van der Waals surface area contributed by atoms with Gasteiger partial charge in [-0.15, -0.1) is 0 Å². The molecule has 0 radical (unpaired) electrons. The molecule has 0 heterocycles. The van der Waals surface area contributed by atoms with E-state index in [0.29, 0.717) is 45.1 Å². The van der Waals surface area contributed by atoms with E-state index in [1.165, 1.54) is 0 Å². The van der Waals surface area contributed by atoms with Gasteiger partial charge in [-0.05, 0) is 18.3 Å². The molecule has 0 saturated heterocycles. The highest BCUT2D eigenvalue weighted by Gasteiger charge is 2.13. The fourth-order valence-electron chi connectivity index (χ4n) is 1.71. The van der Waals surface area contributed by atoms with Crippen molar-refractivity contribution in [3.05, 3.63) is 0 Å². The van der Waals surface area contributed by atoms with Crippen LogP contribution in [0.15, 0.2) is 0 Å². The lowest BCUT2D eigenvalue weighted by Gasteiger charge is -2.21. The zero-order valence-electron chi connectivity index (χ0n) is 14.5. The standard InChI is InChI=1S/C16H34O5/c1-16(2,3)7-6-8-21-15(13-19-11-9-17-4)14-20-12-10-18-5/h15H,6-14H2,1-5H3. The van der Waals surface area contributed by atoms with E-state index in [9.17, 15) is 0 Å². The van der Waals surface area contributed by atoms with Crippen molar-refractivity contribution in [2.75, 3.05) is 60.5 Å². The summed E-state index contributed by atoms with van der Waals surface area (Å²) in [6.07, 6.45) is 2.17. The van der Waals surface area contributed by atoms with E-state index >= 15 is 0 Å². The summed E-state index contributed by atoms with van der Waals surface area (Å²) in [5.74, 6) is 0. The molecule has 0 aromatic heterocycles. The number of hydrogen-bond donors (Lipinski definition) is 0. The number of rotatable bonds is 14. The second kappa shape index (κ2) is 13.5. The SMILES string of the molecule is COCCOCC(COCCOC)OCCCC(C)(C)C. The maximum absolute atomic E-state index is 5.87. The third kappa shape index (κ3) is 16.0. The molecule has 0 aromatic carbocycles. The summed E-state index contributed by atoms with van der Waals surface area (Å²) in [6, 6.07) is 0. The maximum atomic E-state index is 5.87. The molecule has 0 bridgehead atoms. The number of methoxy groups -OCH3 is 2. The van der Waals surface area contributed by atoms with Crippen molar-refractivity contribution < 1.29 is 23.7 Å². The molecule has 0 rings (SSSR count). The van der Waals surface area contributed by atoms with Crippen LogP contribution in [-0.4, -0.2) is 66.6 Å². The summed E-state index contributed by atoms with van der Waals surface area (Å²) in [5.41, 5.74) is 0.350. The van der Waals surface area contributed by atoms with E-state index in [0.717, 1.165) is 19.4 Å². The van der Waals surface area contributed by atoms with Crippen LogP contribution in [0.4, 0.5) is 0 Å². The third-order valence-corrected chi connectivity index (χ3v) is 2.90. The van der Waals surface area contributed by atoms with Crippen LogP contribution >= 0.6 is 0 Å². The lowest BCUT2D eigenvalue weighted by molar-refractivity contribution is -0.0713. The first kappa shape index (κ1) is 20.8. The van der Waals surface area contributed by atoms with Crippen molar-refractivity contribution in [1.82, 2.24) is 0 Å². The fourth-order valence-corrected chi connectivity index (χ4v) is 1.71. The highest BCUT2D eigenvalue weighted by Crippen LogP contribution is 2.20. The highest BCUT2D eigenvalue weighted by molar-refractivity contribution is 4.62. The molecule has 21 heavy (non-hydrogen) atoms. The molecule has 0 aromatic rings. The Labute approximate surface area is 130 Å². The molecule has 128 valence electrons. The van der Waals surface area contributed by atoms with Gasteiger partial charge < -0.3 is 23.7 Å². The van der Waals surface area contributed by atoms with Gasteiger partial charge in [0.25, 0.3) is 0 Å². The smallest absolute Gasteiger partial charge is 0.104 e. The van der Waals surface area contributed by atoms with Gasteiger partial charge in [-0.3, -0.25) is 0 Å². The van der Waals surface area contributed by atoms with Crippen LogP contribution in [0.5, 0.6) is 0 Å². The van der Waals surface area contributed by atoms with Gasteiger partial charge in [0.05, 0.1) is 39.6 Å². The predicted molar refractivity (Wildman–Crippen MR) is 83.8 cm³/mol. The quantitative estimate of drug-likeness (QED) is 0.462. The minimum absolute atomic E-state index is 0.0290. The van der Waals surface area contributed by atoms with Crippen LogP contribution in [-0.2, 0) is 23.7 Å². The summed E-state index contributed by atoms with van der Waals surface area (Å²) in [4.78, 5) is 0. The van der Waals surface area contributed by atoms with Crippen LogP contribution < -0.4 is 0 Å². The first-order valence-electron chi connectivity index (χ1n) is 7.74. The van der Waals surface area contributed by atoms with Crippen molar-refractivity contribution in [1.29, 1.82) is 0 Å². The van der Waals surface area contributed by atoms with E-state index < -0.39 is 0 Å². The molecule has 0 amide bonds. The Kier molecular flexibility index (Phi) is 13.3. The Bertz CT molecular complexity index is 203. The highest BCUT2D eigenvalue weighted by atomic mass is 16.6. The Morgan fingerprint density at radius 1 is 0.762 bits per heavy atom. The Hall–Kier alpha value is -0.200. The first-order chi connectivity index (χ1) is 9.99. The van der Waals surface area contributed by atoms with E-state index in [-0.39, 0.29) is 6.10 Å². The van der Waals surface area contributed by atoms with Gasteiger partial charge in [0.15, 0.2) is 0 Å². The molecule has 0 fully saturated rings. The van der Waals surface area contributed by atoms with Gasteiger partial charge in [-0.1, -0.05) is 20.8 Å². The Balaban J connectivity index is 3.82. The second-order valence-corrected chi connectivity index (χ2v) is 6.29. The monoisotopic (exact) mass is 306 g/mol. The topological polar surface area (TPSA) is 46.2 Å². The van der Waals surface area contributed by atoms with Gasteiger partial charge in [0.1, 0.15) is 6.10 Å². The van der Waals surface area contributed by atoms with Gasteiger partial charge in [0, 0.05) is 20.8 Å². The molecule has 0 aliphatic carbocycles. The van der Waals surface area contributed by atoms with Crippen LogP contribution in [0.1, 0.15) is 33.6 Å². The zero-order valence-corrected chi connectivity index (χ0v) is 14.5. The summed E-state index contributed by atoms with van der Waals surface area (Å²) in [7, 11) is 3.33. The summed E-state index contributed by atoms with van der Waals surface area (Å²) in [6.45, 7) is 10.9. The molecule has 5 heteroatoms. The van der Waals surface area contributed by atoms with Gasteiger partial charge in [-0.2, -0.15) is 0 Å². The van der Waals surface area contributed by atoms with Crippen LogP contribution in [0, 0.1) is 5.41 Å². The van der Waals surface area contributed by atoms with Crippen molar-refractivity contribution in [3.63, 3.8) is 0 Å². The zero-order chi connectivity index (χ0) is 16.0. The van der Waals surface area contributed by atoms with Crippen LogP contribution in [0.2, 0.25) is 0 Å². The van der Waals surface area contributed by atoms with Crippen molar-refractivity contribution >= 4 is 0 Å². The Morgan fingerprint density at radius 2 is 1.29 bits per heavy atom. The second-order valence-electron chi connectivity index (χ2n) is 6.29. The molecular formula is C16H34O5. The molecule has 0 N–H and O–H groups in total. The minimum atomic E-state index is -0.0290. The predicted octanol–water partition coefficient (Wildman–Crippen LogP) is 2.52. The van der Waals surface area contributed by atoms with E-state index in [2.05, 4.69) is 20.8 Å². The first-order valence-corrected chi connectivity index (χ1v) is 7.74. The van der Waals surface area contributed by atoms with Crippen LogP contribution in [0.25, 0.3) is 0 Å². The van der Waals surface area contributed by atoms with E-state index in [1.807, 2.05) is 0 Å². The lowest BCUT2D eigenvalue weighted by atomic mass is 9.91. The average Bonchev–Trinajstić information content (AvgIpc) is 2.42. The minimum Gasteiger partial charge on any atom is -0.382 e. The van der Waals surface area contributed by atoms with Crippen molar-refractivity contribution in [3.8, 4) is 0 Å². The molecule has 0 saturated carbocycles. The third-order valence-electron chi connectivity index (χ3n) is 2.90. The average molecular weight is 306 g/mol. The number of ether oxygens (including phenoxy) is 5. The number of hydrogen-bond acceptors (Lipinski definition) is 5. The summed E-state index contributed by atoms with van der Waals surface area (Å²) >= 11 is 0. The molecule has 0 aliphatic heterocycles. The van der Waals surface area contributed by atoms with Gasteiger partial charge in [-0.25, -0.2) is 0 Å². The molecule has 0 aliphatic rings. The van der Waals surface area contributed by atoms with E-state index in [4.69, 9.17) is 23.7 Å². The van der Waals surface area contributed by atoms with Crippen LogP contribution in [0.3, 0.4) is 0 Å². The van der Waals surface area contributed by atoms with E-state index in [1.54, 1.807) is 14.2 Å². The molecule has 5 nitrogen and oxygen atoms in total. The molecule has 0 spiro atoms. The largest absolute Gasteiger partial charge is 0.382 e. The summed E-state index contributed by atoms with van der Waals surface area (Å²) < 4.78 is 26.8. The fraction of sp³-hybridized carbons (Fsp3) is 1.00.